The van der Waals surface area contributed by atoms with Gasteiger partial charge in [-0.1, -0.05) is 12.8 Å². The maximum Gasteiger partial charge on any atom is 0.319 e. The predicted molar refractivity (Wildman–Crippen MR) is 118 cm³/mol. The van der Waals surface area contributed by atoms with Gasteiger partial charge in [-0.2, -0.15) is 0 Å². The van der Waals surface area contributed by atoms with E-state index >= 15 is 0 Å². The second-order valence-electron chi connectivity index (χ2n) is 9.00. The number of hydrogen-bond acceptors (Lipinski definition) is 7. The molecule has 0 bridgehead atoms. The van der Waals surface area contributed by atoms with Gasteiger partial charge in [0, 0.05) is 19.5 Å². The van der Waals surface area contributed by atoms with Crippen molar-refractivity contribution in [3.63, 3.8) is 0 Å². The summed E-state index contributed by atoms with van der Waals surface area (Å²) in [5.74, 6) is -1.18. The zero-order chi connectivity index (χ0) is 22.8. The Morgan fingerprint density at radius 2 is 1.90 bits per heavy atom. The van der Waals surface area contributed by atoms with Gasteiger partial charge >= 0.3 is 5.97 Å². The van der Waals surface area contributed by atoms with Gasteiger partial charge in [0.2, 0.25) is 11.8 Å². The van der Waals surface area contributed by atoms with Crippen LogP contribution in [0.4, 0.5) is 0 Å². The third-order valence-electron chi connectivity index (χ3n) is 6.24. The molecular formula is C21H40N6O4. The van der Waals surface area contributed by atoms with Crippen LogP contribution in [-0.4, -0.2) is 84.7 Å². The van der Waals surface area contributed by atoms with E-state index in [1.807, 2.05) is 0 Å². The van der Waals surface area contributed by atoms with Crippen molar-refractivity contribution in [1.82, 2.24) is 20.7 Å². The molecule has 7 N–H and O–H groups in total. The van der Waals surface area contributed by atoms with E-state index in [4.69, 9.17) is 16.6 Å². The Labute approximate surface area is 185 Å². The number of carboxylic acids is 1. The largest absolute Gasteiger partial charge is 0.480 e. The summed E-state index contributed by atoms with van der Waals surface area (Å²) >= 11 is 0. The Balaban J connectivity index is 1.72. The summed E-state index contributed by atoms with van der Waals surface area (Å²) in [4.78, 5) is 38.2. The third-order valence-corrected chi connectivity index (χ3v) is 6.24. The number of likely N-dealkylation sites (N-methyl/N-ethyl adjacent to an activating group) is 1. The highest BCUT2D eigenvalue weighted by atomic mass is 16.4. The van der Waals surface area contributed by atoms with E-state index in [1.165, 1.54) is 38.0 Å². The van der Waals surface area contributed by atoms with Crippen LogP contribution in [0.5, 0.6) is 0 Å². The summed E-state index contributed by atoms with van der Waals surface area (Å²) in [7, 11) is 1.49. The van der Waals surface area contributed by atoms with Gasteiger partial charge in [-0.3, -0.25) is 19.8 Å². The number of amides is 2. The van der Waals surface area contributed by atoms with Gasteiger partial charge in [-0.05, 0) is 70.1 Å². The maximum atomic E-state index is 12.6. The number of aliphatic carboxylic acids is 1. The van der Waals surface area contributed by atoms with Crippen molar-refractivity contribution >= 4 is 17.8 Å². The maximum absolute atomic E-state index is 12.6. The molecule has 0 aromatic carbocycles. The lowest BCUT2D eigenvalue weighted by molar-refractivity contribution is -0.139. The monoisotopic (exact) mass is 440 g/mol. The van der Waals surface area contributed by atoms with E-state index in [0.29, 0.717) is 13.0 Å². The Hall–Kier alpha value is -1.75. The fourth-order valence-corrected chi connectivity index (χ4v) is 4.35. The average Bonchev–Trinajstić information content (AvgIpc) is 3.31. The number of likely N-dealkylation sites (tertiary alicyclic amines) is 1. The second kappa shape index (κ2) is 12.9. The van der Waals surface area contributed by atoms with Crippen LogP contribution in [0, 0.1) is 11.8 Å². The minimum atomic E-state index is -1.04. The first-order chi connectivity index (χ1) is 14.8. The molecule has 0 unspecified atom stereocenters. The van der Waals surface area contributed by atoms with E-state index in [-0.39, 0.29) is 42.7 Å². The molecule has 0 aromatic rings. The molecule has 10 heteroatoms. The van der Waals surface area contributed by atoms with Crippen molar-refractivity contribution in [3.8, 4) is 0 Å². The molecule has 2 amide bonds. The number of nitrogens with one attached hydrogen (secondary N) is 2. The van der Waals surface area contributed by atoms with E-state index in [0.717, 1.165) is 32.2 Å². The number of carbonyl (C=O) groups excluding carboxylic acids is 2. The molecule has 0 radical (unpaired) electrons. The highest BCUT2D eigenvalue weighted by Crippen LogP contribution is 2.41. The Kier molecular flexibility index (Phi) is 10.7. The summed E-state index contributed by atoms with van der Waals surface area (Å²) in [5.41, 5.74) is 14.4. The van der Waals surface area contributed by atoms with Crippen molar-refractivity contribution in [2.75, 3.05) is 39.8 Å². The number of hydrazine groups is 1. The van der Waals surface area contributed by atoms with Gasteiger partial charge in [0.1, 0.15) is 6.54 Å². The summed E-state index contributed by atoms with van der Waals surface area (Å²) in [5, 5.41) is 13.0. The molecule has 1 saturated carbocycles. The molecule has 1 heterocycles. The fourth-order valence-electron chi connectivity index (χ4n) is 4.35. The number of rotatable bonds is 15. The molecule has 2 fully saturated rings. The standard InChI is InChI=1S/C21H40N6O4/c1-26(14-20(29)30)25-19(28)12-18(16-11-15(16)13-22)24-21(31)17(23)7-3-2-4-8-27-9-5-6-10-27/h15-18H,2-14,22-23H2,1H3,(H,24,31)(H,25,28)(H,29,30)/t15-,16-,17-,18+/m0/s1. The number of carbonyl (C=O) groups is 3. The van der Waals surface area contributed by atoms with Crippen LogP contribution in [0.1, 0.15) is 51.4 Å². The first-order valence-electron chi connectivity index (χ1n) is 11.5. The van der Waals surface area contributed by atoms with Gasteiger partial charge in [0.25, 0.3) is 0 Å². The summed E-state index contributed by atoms with van der Waals surface area (Å²) in [6, 6.07) is -0.942. The molecule has 1 saturated heterocycles. The lowest BCUT2D eigenvalue weighted by Gasteiger charge is -2.23. The summed E-state index contributed by atoms with van der Waals surface area (Å²) < 4.78 is 0. The lowest BCUT2D eigenvalue weighted by atomic mass is 10.0. The Bertz CT molecular complexity index is 598. The van der Waals surface area contributed by atoms with Gasteiger partial charge in [0.15, 0.2) is 0 Å². The SMILES string of the molecule is CN(CC(=O)O)NC(=O)C[C@@H](NC(=O)[C@@H](N)CCCCCN1CCCC1)[C@H]1C[C@H]1CN. The van der Waals surface area contributed by atoms with Crippen LogP contribution in [0.25, 0.3) is 0 Å². The van der Waals surface area contributed by atoms with Crippen molar-refractivity contribution in [2.45, 2.75) is 63.5 Å². The van der Waals surface area contributed by atoms with Crippen LogP contribution in [0.15, 0.2) is 0 Å². The van der Waals surface area contributed by atoms with Crippen LogP contribution in [-0.2, 0) is 14.4 Å². The number of unbranched alkanes of at least 4 members (excludes halogenated alkanes) is 2. The average molecular weight is 441 g/mol. The van der Waals surface area contributed by atoms with Gasteiger partial charge in [0.05, 0.1) is 6.04 Å². The molecule has 0 aromatic heterocycles. The molecule has 2 rings (SSSR count). The quantitative estimate of drug-likeness (QED) is 0.168. The van der Waals surface area contributed by atoms with Crippen molar-refractivity contribution in [1.29, 1.82) is 0 Å². The smallest absolute Gasteiger partial charge is 0.319 e. The molecule has 4 atom stereocenters. The minimum absolute atomic E-state index is 0.0689. The zero-order valence-corrected chi connectivity index (χ0v) is 18.7. The zero-order valence-electron chi connectivity index (χ0n) is 18.7. The van der Waals surface area contributed by atoms with Crippen molar-refractivity contribution in [3.05, 3.63) is 0 Å². The van der Waals surface area contributed by atoms with Gasteiger partial charge < -0.3 is 26.8 Å². The highest BCUT2D eigenvalue weighted by Gasteiger charge is 2.43. The van der Waals surface area contributed by atoms with Gasteiger partial charge in [-0.15, -0.1) is 0 Å². The minimum Gasteiger partial charge on any atom is -0.480 e. The van der Waals surface area contributed by atoms with E-state index in [2.05, 4.69) is 15.6 Å². The fraction of sp³-hybridized carbons (Fsp3) is 0.857. The highest BCUT2D eigenvalue weighted by molar-refractivity contribution is 5.83. The van der Waals surface area contributed by atoms with E-state index in [9.17, 15) is 14.4 Å². The topological polar surface area (TPSA) is 154 Å². The summed E-state index contributed by atoms with van der Waals surface area (Å²) in [6.45, 7) is 3.74. The first kappa shape index (κ1) is 25.5. The first-order valence-corrected chi connectivity index (χ1v) is 11.5. The van der Waals surface area contributed by atoms with Crippen LogP contribution in [0.2, 0.25) is 0 Å². The van der Waals surface area contributed by atoms with Crippen LogP contribution < -0.4 is 22.2 Å². The number of hydrogen-bond donors (Lipinski definition) is 5. The molecule has 1 aliphatic carbocycles. The van der Waals surface area contributed by atoms with E-state index in [1.54, 1.807) is 0 Å². The van der Waals surface area contributed by atoms with Crippen LogP contribution >= 0.6 is 0 Å². The number of nitrogens with zero attached hydrogens (tertiary/aromatic N) is 2. The normalized spacial score (nSPS) is 22.8. The molecule has 31 heavy (non-hydrogen) atoms. The van der Waals surface area contributed by atoms with Crippen molar-refractivity contribution in [2.24, 2.45) is 23.3 Å². The summed E-state index contributed by atoms with van der Waals surface area (Å²) in [6.07, 6.45) is 7.24. The Morgan fingerprint density at radius 3 is 2.52 bits per heavy atom. The second-order valence-corrected chi connectivity index (χ2v) is 9.00. The third kappa shape index (κ3) is 9.51. The van der Waals surface area contributed by atoms with E-state index < -0.39 is 12.0 Å². The Morgan fingerprint density at radius 1 is 1.19 bits per heavy atom. The number of carboxylic acid groups (broad SMARTS) is 1. The molecular weight excluding hydrogens is 400 g/mol. The molecule has 10 nitrogen and oxygen atoms in total. The lowest BCUT2D eigenvalue weighted by Crippen LogP contribution is -2.50. The van der Waals surface area contributed by atoms with Crippen LogP contribution in [0.3, 0.4) is 0 Å². The molecule has 178 valence electrons. The molecule has 1 aliphatic heterocycles. The number of nitrogens with two attached hydrogens (primary N) is 2. The molecule has 2 aliphatic rings. The molecule has 0 spiro atoms. The van der Waals surface area contributed by atoms with Crippen molar-refractivity contribution < 1.29 is 19.5 Å². The predicted octanol–water partition coefficient (Wildman–Crippen LogP) is -0.513. The van der Waals surface area contributed by atoms with Gasteiger partial charge in [-0.25, -0.2) is 5.01 Å².